The highest BCUT2D eigenvalue weighted by molar-refractivity contribution is 7.89. The molecule has 0 aliphatic carbocycles. The molecule has 0 unspecified atom stereocenters. The lowest BCUT2D eigenvalue weighted by molar-refractivity contribution is 0.0980. The number of carbonyl (C=O) groups is 1. The lowest BCUT2D eigenvalue weighted by atomic mass is 10.0. The maximum atomic E-state index is 13.7. The quantitative estimate of drug-likeness (QED) is 0.415. The molecule has 30 heavy (non-hydrogen) atoms. The van der Waals surface area contributed by atoms with Gasteiger partial charge in [-0.25, -0.2) is 13.2 Å². The normalized spacial score (nSPS) is 20.0. The number of hydrogen-bond acceptors (Lipinski definition) is 5. The number of carboxylic acid groups (broad SMARTS) is 1. The van der Waals surface area contributed by atoms with Crippen LogP contribution in [-0.4, -0.2) is 54.2 Å². The molecule has 1 amide bonds. The molecular weight excluding hydrogens is 406 g/mol. The van der Waals surface area contributed by atoms with E-state index in [2.05, 4.69) is 0 Å². The van der Waals surface area contributed by atoms with Gasteiger partial charge in [0.05, 0.1) is 17.0 Å². The molecule has 0 heterocycles. The van der Waals surface area contributed by atoms with Gasteiger partial charge < -0.3 is 21.3 Å². The summed E-state index contributed by atoms with van der Waals surface area (Å²) in [7, 11) is -5.16. The van der Waals surface area contributed by atoms with Crippen LogP contribution in [0.25, 0.3) is 0 Å². The van der Waals surface area contributed by atoms with E-state index in [0.29, 0.717) is 5.56 Å². The minimum absolute atomic E-state index is 0.122. The molecular formula is C21H29N3O5S. The molecule has 2 aromatic carbocycles. The highest BCUT2D eigenvalue weighted by Gasteiger charge is 2.31. The SMILES string of the molecule is [2H]C([2H])([2H])C([2H])(C([2H])([2H])[2H])C([2H])([2H])N(C[C@@H](O)[C@H](Cc1ccccc1)NC(=O)O)S(=O)(=O)c1ccc(N)cc1. The van der Waals surface area contributed by atoms with Gasteiger partial charge in [-0.05, 0) is 42.1 Å². The third kappa shape index (κ3) is 6.72. The van der Waals surface area contributed by atoms with Gasteiger partial charge in [-0.15, -0.1) is 0 Å². The Balaban J connectivity index is 2.72. The summed E-state index contributed by atoms with van der Waals surface area (Å²) < 4.78 is 98.7. The molecule has 5 N–H and O–H groups in total. The maximum absolute atomic E-state index is 13.7. The minimum Gasteiger partial charge on any atom is -0.465 e. The van der Waals surface area contributed by atoms with Crippen molar-refractivity contribution in [3.8, 4) is 0 Å². The lowest BCUT2D eigenvalue weighted by Gasteiger charge is -2.30. The van der Waals surface area contributed by atoms with Crippen LogP contribution in [0.2, 0.25) is 0 Å². The van der Waals surface area contributed by atoms with E-state index < -0.39 is 65.8 Å². The Morgan fingerprint density at radius 3 is 2.43 bits per heavy atom. The second-order valence-corrected chi connectivity index (χ2v) is 8.27. The molecule has 0 aromatic heterocycles. The van der Waals surface area contributed by atoms with Crippen LogP contribution in [0.3, 0.4) is 0 Å². The number of rotatable bonds is 10. The number of aliphatic hydroxyl groups is 1. The fourth-order valence-electron chi connectivity index (χ4n) is 2.70. The van der Waals surface area contributed by atoms with E-state index in [0.717, 1.165) is 24.3 Å². The molecule has 0 saturated carbocycles. The number of nitrogen functional groups attached to an aromatic ring is 1. The van der Waals surface area contributed by atoms with Crippen LogP contribution in [0, 0.1) is 5.89 Å². The number of anilines is 1. The summed E-state index contributed by atoms with van der Waals surface area (Å²) in [6.45, 7) is -13.1. The van der Waals surface area contributed by atoms with Gasteiger partial charge in [-0.1, -0.05) is 44.0 Å². The summed E-state index contributed by atoms with van der Waals surface area (Å²) in [6.07, 6.45) is -3.83. The number of nitrogens with one attached hydrogen (secondary N) is 1. The molecule has 2 rings (SSSR count). The second-order valence-electron chi connectivity index (χ2n) is 6.41. The molecule has 0 aliphatic heterocycles. The van der Waals surface area contributed by atoms with Crippen molar-refractivity contribution in [1.29, 1.82) is 0 Å². The van der Waals surface area contributed by atoms with E-state index in [1.807, 2.05) is 5.32 Å². The lowest BCUT2D eigenvalue weighted by Crippen LogP contribution is -2.50. The third-order valence-corrected chi connectivity index (χ3v) is 5.82. The van der Waals surface area contributed by atoms with Crippen molar-refractivity contribution in [3.63, 3.8) is 0 Å². The Morgan fingerprint density at radius 2 is 1.87 bits per heavy atom. The van der Waals surface area contributed by atoms with Crippen LogP contribution in [0.4, 0.5) is 10.5 Å². The fraction of sp³-hybridized carbons (Fsp3) is 0.381. The van der Waals surface area contributed by atoms with Gasteiger partial charge in [-0.3, -0.25) is 0 Å². The van der Waals surface area contributed by atoms with Crippen LogP contribution in [0.1, 0.15) is 31.6 Å². The van der Waals surface area contributed by atoms with Gasteiger partial charge in [-0.2, -0.15) is 4.31 Å². The summed E-state index contributed by atoms with van der Waals surface area (Å²) >= 11 is 0. The first kappa shape index (κ1) is 13.6. The molecule has 164 valence electrons. The van der Waals surface area contributed by atoms with Gasteiger partial charge in [0.15, 0.2) is 0 Å². The molecule has 0 aliphatic rings. The summed E-state index contributed by atoms with van der Waals surface area (Å²) in [5.41, 5.74) is 6.22. The van der Waals surface area contributed by atoms with Crippen LogP contribution in [0.5, 0.6) is 0 Å². The molecule has 0 bridgehead atoms. The number of aliphatic hydroxyl groups excluding tert-OH is 1. The molecule has 8 nitrogen and oxygen atoms in total. The number of amides is 1. The predicted molar refractivity (Wildman–Crippen MR) is 116 cm³/mol. The number of nitrogens with two attached hydrogens (primary N) is 1. The first-order chi connectivity index (χ1) is 17.7. The third-order valence-electron chi connectivity index (χ3n) is 4.13. The van der Waals surface area contributed by atoms with Crippen LogP contribution < -0.4 is 11.1 Å². The standard InChI is InChI=1S/C21H29N3O5S/c1-15(2)13-24(30(28,29)18-10-8-17(22)9-11-18)14-20(25)19(23-21(26)27)12-16-6-4-3-5-7-16/h3-11,15,19-20,23,25H,12-14,22H2,1-2H3,(H,26,27)/t19-,20+/m0/s1/i1D3,2D3,13D2,15D. The van der Waals surface area contributed by atoms with Gasteiger partial charge in [0, 0.05) is 31.1 Å². The average molecular weight is 445 g/mol. The Kier molecular flexibility index (Phi) is 4.74. The Bertz CT molecular complexity index is 1230. The zero-order valence-electron chi connectivity index (χ0n) is 24.8. The zero-order valence-corrected chi connectivity index (χ0v) is 16.6. The van der Waals surface area contributed by atoms with E-state index in [-0.39, 0.29) is 16.4 Å². The topological polar surface area (TPSA) is 133 Å². The van der Waals surface area contributed by atoms with Crippen molar-refractivity contribution in [2.45, 2.75) is 37.2 Å². The molecule has 0 radical (unpaired) electrons. The van der Waals surface area contributed by atoms with E-state index in [9.17, 15) is 23.4 Å². The van der Waals surface area contributed by atoms with Crippen molar-refractivity contribution in [1.82, 2.24) is 9.62 Å². The van der Waals surface area contributed by atoms with Crippen LogP contribution in [0.15, 0.2) is 59.5 Å². The summed E-state index contributed by atoms with van der Waals surface area (Å²) in [4.78, 5) is 10.8. The average Bonchev–Trinajstić information content (AvgIpc) is 2.80. The first-order valence-electron chi connectivity index (χ1n) is 13.3. The predicted octanol–water partition coefficient (Wildman–Crippen LogP) is 2.16. The summed E-state index contributed by atoms with van der Waals surface area (Å²) in [5.74, 6) is -4.04. The van der Waals surface area contributed by atoms with E-state index >= 15 is 0 Å². The molecule has 2 atom stereocenters. The second kappa shape index (κ2) is 10.4. The Morgan fingerprint density at radius 1 is 1.23 bits per heavy atom. The molecule has 0 fully saturated rings. The van der Waals surface area contributed by atoms with E-state index in [1.54, 1.807) is 30.3 Å². The molecule has 0 saturated heterocycles. The van der Waals surface area contributed by atoms with Crippen molar-refractivity contribution < 1.29 is 35.8 Å². The van der Waals surface area contributed by atoms with Gasteiger partial charge in [0.25, 0.3) is 0 Å². The summed E-state index contributed by atoms with van der Waals surface area (Å²) in [6, 6.07) is 10.8. The Hall–Kier alpha value is -2.62. The van der Waals surface area contributed by atoms with E-state index in [4.69, 9.17) is 18.1 Å². The van der Waals surface area contributed by atoms with Crippen molar-refractivity contribution in [3.05, 3.63) is 60.2 Å². The number of sulfonamides is 1. The highest BCUT2D eigenvalue weighted by atomic mass is 32.2. The molecule has 2 aromatic rings. The van der Waals surface area contributed by atoms with Gasteiger partial charge >= 0.3 is 6.09 Å². The zero-order chi connectivity index (χ0) is 30.0. The van der Waals surface area contributed by atoms with Crippen molar-refractivity contribution >= 4 is 21.8 Å². The fourth-order valence-corrected chi connectivity index (χ4v) is 4.00. The van der Waals surface area contributed by atoms with Crippen LogP contribution in [-0.2, 0) is 16.4 Å². The molecule has 0 spiro atoms. The van der Waals surface area contributed by atoms with Gasteiger partial charge in [0.2, 0.25) is 10.0 Å². The van der Waals surface area contributed by atoms with Gasteiger partial charge in [0.1, 0.15) is 0 Å². The smallest absolute Gasteiger partial charge is 0.404 e. The van der Waals surface area contributed by atoms with Crippen molar-refractivity contribution in [2.24, 2.45) is 5.89 Å². The Labute approximate surface area is 190 Å². The highest BCUT2D eigenvalue weighted by Crippen LogP contribution is 2.20. The monoisotopic (exact) mass is 444 g/mol. The van der Waals surface area contributed by atoms with Crippen LogP contribution >= 0.6 is 0 Å². The minimum atomic E-state index is -5.16. The molecule has 9 heteroatoms. The number of benzene rings is 2. The number of hydrogen-bond donors (Lipinski definition) is 4. The number of nitrogens with zero attached hydrogens (tertiary/aromatic N) is 1. The maximum Gasteiger partial charge on any atom is 0.404 e. The summed E-state index contributed by atoms with van der Waals surface area (Å²) in [5, 5.41) is 22.3. The largest absolute Gasteiger partial charge is 0.465 e. The first-order valence-corrected chi connectivity index (χ1v) is 10.2. The van der Waals surface area contributed by atoms with E-state index in [1.165, 1.54) is 0 Å². The van der Waals surface area contributed by atoms with Crippen molar-refractivity contribution in [2.75, 3.05) is 18.8 Å².